The summed E-state index contributed by atoms with van der Waals surface area (Å²) in [5.41, 5.74) is 8.77. The third kappa shape index (κ3) is 72.4. The van der Waals surface area contributed by atoms with Gasteiger partial charge in [-0.05, 0) is 139 Å². The van der Waals surface area contributed by atoms with Crippen LogP contribution in [-0.2, 0) is 93.6 Å². The SMILES string of the molecule is C.C.C.CC(C)(C)c1cc(C(CCCN=PP)CCC[P+](=N)P)cc(C=NC2CCCCC2N=Cc2cc(C(CCCN=PP)CCN=PP)cc(C(C)(C)C)c2O)c1O.CCCC[Si](C)(C)c1cc(C=NC2CCCCC2N=Cc2cc([Si](C)(C)CCCC)cc(C(C)(C)C)c2O)c(O)c(C(C)(C)C)c1.O=C(O)CO.O=C(O)CO.O=C(O)CO.O=C(O)CO.O=C(O)CO.O=C(O)CO.O=C(O)CO.O=C(O)CO.[Co].[Co]. The van der Waals surface area contributed by atoms with Crippen LogP contribution in [0.25, 0.3) is 0 Å². The number of aliphatic imine (C=N–C) groups is 4. The zero-order valence-corrected chi connectivity index (χ0v) is 99.6. The predicted molar refractivity (Wildman–Crippen MR) is 615 cm³/mol. The molecule has 21 N–H and O–H groups in total. The number of aliphatic hydroxyl groups is 8. The molecule has 11 unspecified atom stereocenters. The van der Waals surface area contributed by atoms with Crippen LogP contribution in [0, 0.1) is 5.16 Å². The smallest absolute Gasteiger partial charge is 0.329 e. The van der Waals surface area contributed by atoms with Crippen LogP contribution in [0.5, 0.6) is 23.0 Å². The van der Waals surface area contributed by atoms with Crippen molar-refractivity contribution in [3.63, 3.8) is 0 Å². The summed E-state index contributed by atoms with van der Waals surface area (Å²) in [7, 11) is 9.53. The molecule has 0 saturated heterocycles. The average molecular weight is 2360 g/mol. The maximum atomic E-state index is 11.7. The summed E-state index contributed by atoms with van der Waals surface area (Å²) >= 11 is 0. The Balaban J connectivity index is -0.000000267. The molecule has 6 rings (SSSR count). The van der Waals surface area contributed by atoms with Crippen molar-refractivity contribution >= 4 is 166 Å². The minimum absolute atomic E-state index is 0. The first-order valence-corrected chi connectivity index (χ1v) is 64.2. The number of carbonyl (C=O) groups is 8. The van der Waals surface area contributed by atoms with Gasteiger partial charge in [-0.2, -0.15) is 0 Å². The number of hydrogen-bond donors (Lipinski definition) is 21. The van der Waals surface area contributed by atoms with Gasteiger partial charge in [0.2, 0.25) is 7.40 Å². The van der Waals surface area contributed by atoms with E-state index in [2.05, 4.69) is 222 Å². The van der Waals surface area contributed by atoms with Crippen LogP contribution in [0.15, 0.2) is 82.7 Å². The maximum Gasteiger partial charge on any atom is 0.329 e. The fraction of sp³-hybridized carbons (Fsp3) is 0.640. The van der Waals surface area contributed by atoms with E-state index in [1.807, 2.05) is 24.9 Å². The normalized spacial score (nSPS) is 14.9. The van der Waals surface area contributed by atoms with Crippen LogP contribution in [0.1, 0.15) is 309 Å². The number of nitrogens with zero attached hydrogens (tertiary/aromatic N) is 7. The number of aromatic hydroxyl groups is 4. The number of unbranched alkanes of at least 4 members (excludes halogenated alkanes) is 2. The summed E-state index contributed by atoms with van der Waals surface area (Å²) in [4.78, 5) is 93.6. The van der Waals surface area contributed by atoms with Gasteiger partial charge in [-0.25, -0.2) is 38.4 Å². The van der Waals surface area contributed by atoms with Gasteiger partial charge in [-0.1, -0.05) is 282 Å². The van der Waals surface area contributed by atoms with E-state index in [0.29, 0.717) is 34.8 Å². The molecule has 0 amide bonds. The van der Waals surface area contributed by atoms with Crippen LogP contribution < -0.4 is 10.4 Å². The Morgan fingerprint density at radius 1 is 0.372 bits per heavy atom. The van der Waals surface area contributed by atoms with E-state index < -0.39 is 124 Å². The monoisotopic (exact) mass is 2360 g/mol. The number of benzene rings is 4. The van der Waals surface area contributed by atoms with Crippen molar-refractivity contribution in [3.05, 3.63) is 104 Å². The second kappa shape index (κ2) is 87.0. The van der Waals surface area contributed by atoms with Gasteiger partial charge in [0, 0.05) is 136 Å². The van der Waals surface area contributed by atoms with Gasteiger partial charge >= 0.3 is 47.8 Å². The van der Waals surface area contributed by atoms with Gasteiger partial charge in [-0.3, -0.25) is 34.2 Å². The largest absolute Gasteiger partial charge is 0.507 e. The number of aliphatic hydroxyl groups excluding tert-OH is 8. The molecule has 2 radical (unpaired) electrons. The molecular weight excluding hydrogens is 2180 g/mol. The van der Waals surface area contributed by atoms with Crippen molar-refractivity contribution in [1.82, 2.24) is 0 Å². The van der Waals surface area contributed by atoms with E-state index in [1.165, 1.54) is 59.3 Å². The third-order valence-corrected chi connectivity index (χ3v) is 33.2. The van der Waals surface area contributed by atoms with Gasteiger partial charge in [-0.15, -0.1) is 5.16 Å². The number of aliphatic carboxylic acids is 8. The molecule has 4 aromatic carbocycles. The third-order valence-electron chi connectivity index (χ3n) is 22.1. The molecule has 852 valence electrons. The van der Waals surface area contributed by atoms with Crippen molar-refractivity contribution in [2.75, 3.05) is 78.7 Å². The van der Waals surface area contributed by atoms with Crippen molar-refractivity contribution < 1.29 is 174 Å². The molecule has 2 aliphatic rings. The molecule has 2 aliphatic carbocycles. The van der Waals surface area contributed by atoms with Crippen molar-refractivity contribution in [2.24, 2.45) is 34.2 Å². The minimum atomic E-state index is -1.66. The van der Waals surface area contributed by atoms with E-state index in [-0.39, 0.29) is 102 Å². The van der Waals surface area contributed by atoms with Crippen LogP contribution in [0.2, 0.25) is 38.3 Å². The summed E-state index contributed by atoms with van der Waals surface area (Å²) in [6.45, 7) is 36.6. The fourth-order valence-corrected chi connectivity index (χ4v) is 22.5. The Morgan fingerprint density at radius 2 is 0.581 bits per heavy atom. The molecule has 0 spiro atoms. The van der Waals surface area contributed by atoms with Crippen LogP contribution >= 0.6 is 67.3 Å². The summed E-state index contributed by atoms with van der Waals surface area (Å²) in [5.74, 6) is -7.55. The van der Waals surface area contributed by atoms with Gasteiger partial charge < -0.3 is 102 Å². The van der Waals surface area contributed by atoms with Gasteiger partial charge in [0.05, 0.1) is 40.3 Å². The molecule has 2 saturated carbocycles. The molecule has 0 aromatic heterocycles. The van der Waals surface area contributed by atoms with Gasteiger partial charge in [0.25, 0.3) is 0 Å². The molecule has 0 aliphatic heterocycles. The topological polar surface area (TPSA) is 652 Å². The number of phenols is 4. The molecule has 4 aromatic rings. The van der Waals surface area contributed by atoms with Crippen LogP contribution in [0.4, 0.5) is 0 Å². The summed E-state index contributed by atoms with van der Waals surface area (Å²) in [5, 5.41) is 177. The van der Waals surface area contributed by atoms with E-state index in [0.717, 1.165) is 191 Å². The molecule has 48 heteroatoms. The maximum absolute atomic E-state index is 11.7. The second-order valence-electron chi connectivity index (χ2n) is 39.0. The Labute approximate surface area is 916 Å². The first-order valence-electron chi connectivity index (χ1n) is 47.3. The predicted octanol–water partition coefficient (Wildman–Crippen LogP) is 19.6. The first kappa shape index (κ1) is 159. The molecule has 11 atom stereocenters. The molecule has 2 fully saturated rings. The fourth-order valence-electron chi connectivity index (χ4n) is 14.4. The Bertz CT molecular complexity index is 4440. The molecule has 36 nitrogen and oxygen atoms in total. The Hall–Kier alpha value is -6.23. The quantitative estimate of drug-likeness (QED) is 0.00849. The number of phenolic OH excluding ortho intramolecular Hbond substituents is 4. The van der Waals surface area contributed by atoms with E-state index >= 15 is 0 Å². The molecular formula is C100H179Co2N8O28P8Si2+. The Kier molecular flexibility index (Phi) is 93.7. The zero-order valence-electron chi connectivity index (χ0n) is 87.3. The molecule has 0 bridgehead atoms. The van der Waals surface area contributed by atoms with E-state index in [1.54, 1.807) is 0 Å². The summed E-state index contributed by atoms with van der Waals surface area (Å²) in [6.07, 6.45) is 28.8. The van der Waals surface area contributed by atoms with E-state index in [9.17, 15) is 20.4 Å². The number of carboxylic acid groups (broad SMARTS) is 8. The minimum Gasteiger partial charge on any atom is -0.507 e. The number of hydrogen-bond acceptors (Lipinski definition) is 28. The second-order valence-corrected chi connectivity index (χ2v) is 55.6. The summed E-state index contributed by atoms with van der Waals surface area (Å²) in [6, 6.07) is 20.3. The van der Waals surface area contributed by atoms with Gasteiger partial charge in [0.1, 0.15) is 90.9 Å². The average Bonchev–Trinajstić information content (AvgIpc) is 0.774. The molecule has 148 heavy (non-hydrogen) atoms. The van der Waals surface area contributed by atoms with Crippen LogP contribution in [0.3, 0.4) is 0 Å². The van der Waals surface area contributed by atoms with Crippen molar-refractivity contribution in [3.8, 4) is 23.0 Å². The number of nitrogens with one attached hydrogen (secondary N) is 1. The molecule has 0 heterocycles. The standard InChI is InChI=1S/C41H68N6O2P8.C40H66N2O2Si2.8C2H4O3.3CH4.2Co/c1-40(2,3)34-24-30(28(12-9-18-45-54-50)14-11-21-57(42)53)22-32(38(34)48)26-43-36-15-7-8-16-37(36)44-27-33-23-31(25-35(39(33)49)41(4,5)6)29(17-20-47-56-52)13-10-19-46-55-51;1-13-15-21-45(9,10)31-23-29(37(43)33(25-31)39(3,4)5)27-41-35-19-17-18-20-36(35)42-28-30-24-32(46(11,12)22-16-14-2)26-34(38(30)44)40(6,7)8;8*3-1-2(4)5;;;;;/h22-29,36-37,42H,7-21,50-53H2,1-6H3,(H-,43,44,48,49);23-28,35-36,43-44H,13-22H2,1-12H3;8*3H,1H2,(H,4,5);3*1H4;;/p+1. The summed E-state index contributed by atoms with van der Waals surface area (Å²) < 4.78 is 13.6. The van der Waals surface area contributed by atoms with Crippen LogP contribution in [-0.4, -0.2) is 294 Å². The number of carboxylic acids is 8. The Morgan fingerprint density at radius 3 is 0.791 bits per heavy atom. The number of rotatable bonds is 41. The zero-order chi connectivity index (χ0) is 111. The van der Waals surface area contributed by atoms with E-state index in [4.69, 9.17) is 145 Å². The van der Waals surface area contributed by atoms with Crippen molar-refractivity contribution in [1.29, 1.82) is 5.16 Å². The van der Waals surface area contributed by atoms with Gasteiger partial charge in [0.15, 0.2) is 0 Å². The van der Waals surface area contributed by atoms with Crippen molar-refractivity contribution in [2.45, 2.75) is 337 Å². The first-order chi connectivity index (χ1) is 66.6.